The summed E-state index contributed by atoms with van der Waals surface area (Å²) in [6, 6.07) is 15.7. The fraction of sp³-hybridized carbons (Fsp3) is 0.182. The molecule has 3 N–H and O–H groups in total. The van der Waals surface area contributed by atoms with E-state index in [4.69, 9.17) is 10.5 Å². The highest BCUT2D eigenvalue weighted by Crippen LogP contribution is 2.21. The number of benzene rings is 2. The number of tetrazole rings is 1. The highest BCUT2D eigenvalue weighted by molar-refractivity contribution is 6.07. The Kier molecular flexibility index (Phi) is 6.59. The largest absolute Gasteiger partial charge is 0.383 e. The van der Waals surface area contributed by atoms with Crippen molar-refractivity contribution in [1.29, 1.82) is 0 Å². The lowest BCUT2D eigenvalue weighted by Gasteiger charge is -2.24. The number of H-pyrrole nitrogens is 1. The summed E-state index contributed by atoms with van der Waals surface area (Å²) in [6.45, 7) is 0.284. The van der Waals surface area contributed by atoms with Gasteiger partial charge in [-0.3, -0.25) is 24.0 Å². The van der Waals surface area contributed by atoms with Crippen molar-refractivity contribution in [2.24, 2.45) is 0 Å². The standard InChI is InChI=1S/C22H22N8O4/c1-34-11-10-28(21(32)16-8-5-9-17(12-16)30-14-24-26-27-30)18-19(23)29(22(33)25-20(18)31)13-15-6-3-2-4-7-15/h2-9,12,14H,10-11,13,23H2,1H3,(H,25,31,33). The topological polar surface area (TPSA) is 154 Å². The number of methoxy groups -OCH3 is 1. The molecule has 0 aliphatic carbocycles. The lowest BCUT2D eigenvalue weighted by Crippen LogP contribution is -2.42. The number of nitrogens with two attached hydrogens (primary N) is 1. The van der Waals surface area contributed by atoms with Gasteiger partial charge in [0.15, 0.2) is 5.69 Å². The third-order valence-corrected chi connectivity index (χ3v) is 5.14. The van der Waals surface area contributed by atoms with Crippen molar-refractivity contribution in [2.75, 3.05) is 30.9 Å². The fourth-order valence-electron chi connectivity index (χ4n) is 3.48. The Morgan fingerprint density at radius 1 is 1.15 bits per heavy atom. The molecule has 12 nitrogen and oxygen atoms in total. The van der Waals surface area contributed by atoms with Crippen LogP contribution < -0.4 is 21.9 Å². The van der Waals surface area contributed by atoms with Gasteiger partial charge >= 0.3 is 5.69 Å². The van der Waals surface area contributed by atoms with Crippen LogP contribution in [0.4, 0.5) is 11.5 Å². The van der Waals surface area contributed by atoms with E-state index in [1.807, 2.05) is 30.3 Å². The van der Waals surface area contributed by atoms with Gasteiger partial charge in [0, 0.05) is 19.2 Å². The summed E-state index contributed by atoms with van der Waals surface area (Å²) < 4.78 is 7.76. The summed E-state index contributed by atoms with van der Waals surface area (Å²) in [6.07, 6.45) is 1.40. The number of amides is 1. The smallest absolute Gasteiger partial charge is 0.330 e. The highest BCUT2D eigenvalue weighted by atomic mass is 16.5. The van der Waals surface area contributed by atoms with Crippen molar-refractivity contribution < 1.29 is 9.53 Å². The van der Waals surface area contributed by atoms with E-state index in [2.05, 4.69) is 20.5 Å². The SMILES string of the molecule is COCCN(C(=O)c1cccc(-n2cnnn2)c1)c1c(N)n(Cc2ccccc2)c(=O)[nH]c1=O. The van der Waals surface area contributed by atoms with Gasteiger partial charge in [0.05, 0.1) is 18.8 Å². The molecule has 12 heteroatoms. The predicted molar refractivity (Wildman–Crippen MR) is 124 cm³/mol. The van der Waals surface area contributed by atoms with Gasteiger partial charge in [-0.25, -0.2) is 9.48 Å². The van der Waals surface area contributed by atoms with Crippen LogP contribution in [-0.4, -0.2) is 55.9 Å². The molecule has 2 aromatic carbocycles. The molecule has 0 atom stereocenters. The van der Waals surface area contributed by atoms with Gasteiger partial charge < -0.3 is 10.5 Å². The maximum absolute atomic E-state index is 13.5. The summed E-state index contributed by atoms with van der Waals surface area (Å²) in [7, 11) is 1.48. The average molecular weight is 462 g/mol. The Balaban J connectivity index is 1.78. The number of carbonyl (C=O) groups excluding carboxylic acids is 1. The zero-order valence-corrected chi connectivity index (χ0v) is 18.3. The Bertz CT molecular complexity index is 1400. The molecular weight excluding hydrogens is 440 g/mol. The van der Waals surface area contributed by atoms with Gasteiger partial charge in [-0.1, -0.05) is 36.4 Å². The molecule has 4 aromatic rings. The fourth-order valence-corrected chi connectivity index (χ4v) is 3.48. The first-order valence-electron chi connectivity index (χ1n) is 10.3. The number of aromatic amines is 1. The molecule has 0 unspecified atom stereocenters. The van der Waals surface area contributed by atoms with Crippen molar-refractivity contribution in [3.8, 4) is 5.69 Å². The molecule has 2 aromatic heterocycles. The van der Waals surface area contributed by atoms with Crippen LogP contribution in [0.15, 0.2) is 70.5 Å². The van der Waals surface area contributed by atoms with Gasteiger partial charge in [0.2, 0.25) is 0 Å². The molecule has 0 fully saturated rings. The molecule has 174 valence electrons. The number of hydrogen-bond acceptors (Lipinski definition) is 8. The Hall–Kier alpha value is -4.58. The van der Waals surface area contributed by atoms with Gasteiger partial charge in [-0.2, -0.15) is 0 Å². The first kappa shape index (κ1) is 22.6. The van der Waals surface area contributed by atoms with Gasteiger partial charge in [-0.15, -0.1) is 5.10 Å². The second kappa shape index (κ2) is 9.92. The molecule has 34 heavy (non-hydrogen) atoms. The maximum atomic E-state index is 13.5. The molecule has 0 radical (unpaired) electrons. The summed E-state index contributed by atoms with van der Waals surface area (Å²) in [5.74, 6) is -0.632. The average Bonchev–Trinajstić information content (AvgIpc) is 3.39. The van der Waals surface area contributed by atoms with Crippen LogP contribution in [0, 0.1) is 0 Å². The molecule has 4 rings (SSSR count). The Morgan fingerprint density at radius 2 is 1.94 bits per heavy atom. The number of nitrogens with one attached hydrogen (secondary N) is 1. The lowest BCUT2D eigenvalue weighted by atomic mass is 10.1. The zero-order valence-electron chi connectivity index (χ0n) is 18.3. The number of nitrogen functional groups attached to an aromatic ring is 1. The van der Waals surface area contributed by atoms with Gasteiger partial charge in [0.1, 0.15) is 12.1 Å². The van der Waals surface area contributed by atoms with Gasteiger partial charge in [0.25, 0.3) is 11.5 Å². The van der Waals surface area contributed by atoms with E-state index < -0.39 is 17.2 Å². The Morgan fingerprint density at radius 3 is 2.65 bits per heavy atom. The minimum atomic E-state index is -0.770. The molecule has 0 aliphatic heterocycles. The molecule has 0 saturated carbocycles. The third-order valence-electron chi connectivity index (χ3n) is 5.14. The molecule has 2 heterocycles. The van der Waals surface area contributed by atoms with E-state index in [-0.39, 0.29) is 36.8 Å². The first-order chi connectivity index (χ1) is 16.5. The number of hydrogen-bond donors (Lipinski definition) is 2. The van der Waals surface area contributed by atoms with Crippen molar-refractivity contribution in [3.63, 3.8) is 0 Å². The summed E-state index contributed by atoms with van der Waals surface area (Å²) in [5.41, 5.74) is 6.36. The molecule has 0 spiro atoms. The number of nitrogens with zero attached hydrogens (tertiary/aromatic N) is 6. The third kappa shape index (κ3) is 4.61. The number of rotatable bonds is 8. The van der Waals surface area contributed by atoms with Crippen LogP contribution >= 0.6 is 0 Å². The van der Waals surface area contributed by atoms with Crippen LogP contribution in [0.2, 0.25) is 0 Å². The van der Waals surface area contributed by atoms with E-state index >= 15 is 0 Å². The second-order valence-electron chi connectivity index (χ2n) is 7.32. The van der Waals surface area contributed by atoms with Crippen LogP contribution in [0.25, 0.3) is 5.69 Å². The van der Waals surface area contributed by atoms with E-state index in [0.717, 1.165) is 5.56 Å². The molecule has 0 aliphatic rings. The van der Waals surface area contributed by atoms with Crippen molar-refractivity contribution in [2.45, 2.75) is 6.54 Å². The van der Waals surface area contributed by atoms with E-state index in [1.165, 1.54) is 27.6 Å². The van der Waals surface area contributed by atoms with Crippen LogP contribution in [-0.2, 0) is 11.3 Å². The van der Waals surface area contributed by atoms with Gasteiger partial charge in [-0.05, 0) is 34.2 Å². The minimum absolute atomic E-state index is 0.0290. The zero-order chi connectivity index (χ0) is 24.1. The van der Waals surface area contributed by atoms with Crippen molar-refractivity contribution in [1.82, 2.24) is 29.8 Å². The predicted octanol–water partition coefficient (Wildman–Crippen LogP) is 0.436. The van der Waals surface area contributed by atoms with E-state index in [9.17, 15) is 14.4 Å². The number of carbonyl (C=O) groups is 1. The number of aromatic nitrogens is 6. The Labute approximate surface area is 193 Å². The summed E-state index contributed by atoms with van der Waals surface area (Å²) in [4.78, 5) is 42.4. The number of ether oxygens (including phenoxy) is 1. The van der Waals surface area contributed by atoms with Crippen LogP contribution in [0.3, 0.4) is 0 Å². The maximum Gasteiger partial charge on any atom is 0.330 e. The van der Waals surface area contributed by atoms with E-state index in [1.54, 1.807) is 24.3 Å². The summed E-state index contributed by atoms with van der Waals surface area (Å²) in [5, 5.41) is 11.0. The minimum Gasteiger partial charge on any atom is -0.383 e. The number of anilines is 2. The van der Waals surface area contributed by atoms with Crippen molar-refractivity contribution >= 4 is 17.4 Å². The summed E-state index contributed by atoms with van der Waals surface area (Å²) >= 11 is 0. The first-order valence-corrected chi connectivity index (χ1v) is 10.3. The highest BCUT2D eigenvalue weighted by Gasteiger charge is 2.25. The molecular formula is C22H22N8O4. The quantitative estimate of drug-likeness (QED) is 0.382. The molecule has 0 bridgehead atoms. The van der Waals surface area contributed by atoms with E-state index in [0.29, 0.717) is 5.69 Å². The monoisotopic (exact) mass is 462 g/mol. The molecule has 1 amide bonds. The van der Waals surface area contributed by atoms with Crippen LogP contribution in [0.5, 0.6) is 0 Å². The lowest BCUT2D eigenvalue weighted by molar-refractivity contribution is 0.0975. The second-order valence-corrected chi connectivity index (χ2v) is 7.32. The van der Waals surface area contributed by atoms with Crippen LogP contribution in [0.1, 0.15) is 15.9 Å². The normalized spacial score (nSPS) is 10.9. The molecule has 0 saturated heterocycles. The van der Waals surface area contributed by atoms with Crippen molar-refractivity contribution in [3.05, 3.63) is 92.9 Å².